The Hall–Kier alpha value is -2.70. The highest BCUT2D eigenvalue weighted by molar-refractivity contribution is 7.18. The van der Waals surface area contributed by atoms with Gasteiger partial charge in [0.05, 0.1) is 26.5 Å². The Morgan fingerprint density at radius 1 is 1.34 bits per heavy atom. The molecule has 0 radical (unpaired) electrons. The summed E-state index contributed by atoms with van der Waals surface area (Å²) in [6, 6.07) is 7.12. The molecule has 3 aromatic rings. The first-order valence-corrected chi connectivity index (χ1v) is 9.91. The van der Waals surface area contributed by atoms with Crippen LogP contribution in [0.1, 0.15) is 10.4 Å². The molecule has 0 spiro atoms. The van der Waals surface area contributed by atoms with Crippen molar-refractivity contribution in [3.8, 4) is 27.8 Å². The molecule has 4 N–H and O–H groups in total. The molecule has 0 aliphatic heterocycles. The molecular formula is C18H12Cl3N7S. The number of halogens is 3. The minimum atomic E-state index is 0.0628. The first-order valence-electron chi connectivity index (χ1n) is 7.96. The van der Waals surface area contributed by atoms with Crippen molar-refractivity contribution in [3.05, 3.63) is 49.9 Å². The zero-order valence-electron chi connectivity index (χ0n) is 14.8. The molecule has 2 aromatic heterocycles. The third-order valence-electron chi connectivity index (χ3n) is 3.84. The maximum Gasteiger partial charge on any atom is 0.223 e. The Bertz CT molecular complexity index is 1180. The molecule has 0 amide bonds. The van der Waals surface area contributed by atoms with Gasteiger partial charge in [-0.2, -0.15) is 5.26 Å². The molecule has 0 fully saturated rings. The second-order valence-electron chi connectivity index (χ2n) is 5.53. The van der Waals surface area contributed by atoms with Gasteiger partial charge < -0.3 is 11.1 Å². The maximum absolute atomic E-state index is 9.97. The highest BCUT2D eigenvalue weighted by atomic mass is 35.5. The van der Waals surface area contributed by atoms with Crippen LogP contribution < -0.4 is 11.1 Å². The number of aliphatic imine (C=N–C) groups is 1. The molecule has 11 heteroatoms. The number of nitrogens with one attached hydrogen (secondary N) is 2. The molecular weight excluding hydrogens is 453 g/mol. The van der Waals surface area contributed by atoms with E-state index in [2.05, 4.69) is 26.3 Å². The van der Waals surface area contributed by atoms with Crippen molar-refractivity contribution in [1.82, 2.24) is 9.97 Å². The van der Waals surface area contributed by atoms with Crippen molar-refractivity contribution in [2.75, 3.05) is 12.4 Å². The van der Waals surface area contributed by atoms with E-state index in [0.29, 0.717) is 42.6 Å². The number of rotatable bonds is 5. The van der Waals surface area contributed by atoms with Crippen molar-refractivity contribution in [3.63, 3.8) is 0 Å². The fourth-order valence-corrected chi connectivity index (χ4v) is 4.53. The number of benzene rings is 1. The van der Waals surface area contributed by atoms with Crippen molar-refractivity contribution >= 4 is 64.3 Å². The number of nitrogens with two attached hydrogens (primary N) is 1. The van der Waals surface area contributed by atoms with Gasteiger partial charge >= 0.3 is 0 Å². The molecule has 2 heterocycles. The lowest BCUT2D eigenvalue weighted by molar-refractivity contribution is 1.16. The molecule has 0 aliphatic carbocycles. The van der Waals surface area contributed by atoms with E-state index in [9.17, 15) is 5.26 Å². The van der Waals surface area contributed by atoms with Gasteiger partial charge in [0.25, 0.3) is 0 Å². The summed E-state index contributed by atoms with van der Waals surface area (Å²) in [5.74, 6) is 0.406. The molecule has 0 aliphatic rings. The van der Waals surface area contributed by atoms with Gasteiger partial charge in [-0.05, 0) is 12.1 Å². The van der Waals surface area contributed by atoms with Crippen LogP contribution in [0.2, 0.25) is 15.1 Å². The minimum Gasteiger partial charge on any atom is -0.382 e. The van der Waals surface area contributed by atoms with Gasteiger partial charge in [0.15, 0.2) is 0 Å². The van der Waals surface area contributed by atoms with Crippen LogP contribution in [0, 0.1) is 16.7 Å². The van der Waals surface area contributed by atoms with Crippen LogP contribution in [0.25, 0.3) is 21.7 Å². The third-order valence-corrected chi connectivity index (χ3v) is 5.88. The molecule has 7 nitrogen and oxygen atoms in total. The van der Waals surface area contributed by atoms with Crippen molar-refractivity contribution < 1.29 is 0 Å². The highest BCUT2D eigenvalue weighted by Gasteiger charge is 2.26. The summed E-state index contributed by atoms with van der Waals surface area (Å²) in [7, 11) is 1.67. The minimum absolute atomic E-state index is 0.0628. The van der Waals surface area contributed by atoms with Crippen LogP contribution in [0.15, 0.2) is 29.4 Å². The molecule has 0 saturated carbocycles. The van der Waals surface area contributed by atoms with Crippen LogP contribution in [0.5, 0.6) is 0 Å². The Morgan fingerprint density at radius 2 is 2.10 bits per heavy atom. The van der Waals surface area contributed by atoms with Crippen LogP contribution >= 0.6 is 46.1 Å². The van der Waals surface area contributed by atoms with Crippen LogP contribution in [0.3, 0.4) is 0 Å². The predicted octanol–water partition coefficient (Wildman–Crippen LogP) is 5.06. The lowest BCUT2D eigenvalue weighted by Crippen LogP contribution is -2.12. The first-order chi connectivity index (χ1) is 13.9. The van der Waals surface area contributed by atoms with Crippen LogP contribution in [-0.4, -0.2) is 29.2 Å². The number of hydrogen-bond donors (Lipinski definition) is 3. The summed E-state index contributed by atoms with van der Waals surface area (Å²) < 4.78 is 0. The summed E-state index contributed by atoms with van der Waals surface area (Å²) in [4.78, 5) is 13.3. The lowest BCUT2D eigenvalue weighted by atomic mass is 9.99. The largest absolute Gasteiger partial charge is 0.382 e. The zero-order chi connectivity index (χ0) is 21.1. The summed E-state index contributed by atoms with van der Waals surface area (Å²) in [6.07, 6.45) is 2.27. The number of nitrogens with zero attached hydrogens (tertiary/aromatic N) is 4. The standard InChI is InChI=1S/C18H12Cl3N7S/c1-25-18-26-6-12(21)14(28-18)15-10(5-22)13(16(29-15)17(24)27-7-23)9-3-2-8(19)4-11(9)20/h2-4,6-7H,1H3,(H3,23,24,27)(H,25,26,28). The van der Waals surface area contributed by atoms with Gasteiger partial charge in [-0.25, -0.2) is 15.0 Å². The summed E-state index contributed by atoms with van der Waals surface area (Å²) in [6.45, 7) is 0. The fourth-order valence-electron chi connectivity index (χ4n) is 2.61. The van der Waals surface area contributed by atoms with E-state index in [1.165, 1.54) is 17.5 Å². The van der Waals surface area contributed by atoms with E-state index in [4.69, 9.17) is 45.9 Å². The van der Waals surface area contributed by atoms with Crippen molar-refractivity contribution in [2.24, 2.45) is 10.7 Å². The highest BCUT2D eigenvalue weighted by Crippen LogP contribution is 2.45. The SMILES string of the molecule is CNc1ncc(Cl)c(-c2sc(C(N)=NC=N)c(-c3ccc(Cl)cc3Cl)c2C#N)n1. The molecule has 0 saturated heterocycles. The molecule has 29 heavy (non-hydrogen) atoms. The number of nitriles is 1. The number of amidine groups is 1. The van der Waals surface area contributed by atoms with E-state index in [1.54, 1.807) is 25.2 Å². The third kappa shape index (κ3) is 4.04. The molecule has 1 aromatic carbocycles. The van der Waals surface area contributed by atoms with E-state index < -0.39 is 0 Å². The predicted molar refractivity (Wildman–Crippen MR) is 120 cm³/mol. The number of aromatic nitrogens is 2. The Labute approximate surface area is 185 Å². The summed E-state index contributed by atoms with van der Waals surface area (Å²) in [5.41, 5.74) is 7.75. The van der Waals surface area contributed by atoms with E-state index >= 15 is 0 Å². The topological polar surface area (TPSA) is 124 Å². The van der Waals surface area contributed by atoms with Gasteiger partial charge in [0.1, 0.15) is 23.9 Å². The van der Waals surface area contributed by atoms with Crippen molar-refractivity contribution in [1.29, 1.82) is 10.7 Å². The molecule has 146 valence electrons. The monoisotopic (exact) mass is 463 g/mol. The Morgan fingerprint density at radius 3 is 2.72 bits per heavy atom. The van der Waals surface area contributed by atoms with E-state index in [0.717, 1.165) is 6.34 Å². The Balaban J connectivity index is 2.41. The summed E-state index contributed by atoms with van der Waals surface area (Å²) >= 11 is 19.9. The van der Waals surface area contributed by atoms with Gasteiger partial charge in [-0.1, -0.05) is 40.9 Å². The van der Waals surface area contributed by atoms with Crippen molar-refractivity contribution in [2.45, 2.75) is 0 Å². The van der Waals surface area contributed by atoms with Crippen LogP contribution in [-0.2, 0) is 0 Å². The van der Waals surface area contributed by atoms with Crippen LogP contribution in [0.4, 0.5) is 5.95 Å². The van der Waals surface area contributed by atoms with Gasteiger partial charge in [-0.3, -0.25) is 5.41 Å². The fraction of sp³-hybridized carbons (Fsp3) is 0.0556. The second kappa shape index (κ2) is 8.76. The van der Waals surface area contributed by atoms with E-state index in [1.807, 2.05) is 0 Å². The van der Waals surface area contributed by atoms with E-state index in [-0.39, 0.29) is 16.4 Å². The van der Waals surface area contributed by atoms with Gasteiger partial charge in [0.2, 0.25) is 5.95 Å². The lowest BCUT2D eigenvalue weighted by Gasteiger charge is -2.08. The Kier molecular flexibility index (Phi) is 6.35. The number of hydrogen-bond acceptors (Lipinski definition) is 6. The number of anilines is 1. The van der Waals surface area contributed by atoms with Gasteiger partial charge in [-0.15, -0.1) is 11.3 Å². The molecule has 0 bridgehead atoms. The average molecular weight is 465 g/mol. The zero-order valence-corrected chi connectivity index (χ0v) is 17.9. The second-order valence-corrected chi connectivity index (χ2v) is 7.80. The average Bonchev–Trinajstić information content (AvgIpc) is 3.07. The first kappa shape index (κ1) is 21.0. The summed E-state index contributed by atoms with van der Waals surface area (Å²) in [5, 5.41) is 21.1. The smallest absolute Gasteiger partial charge is 0.223 e. The normalized spacial score (nSPS) is 11.2. The molecule has 0 unspecified atom stereocenters. The maximum atomic E-state index is 9.97. The molecule has 3 rings (SSSR count). The van der Waals surface area contributed by atoms with Gasteiger partial charge in [0, 0.05) is 28.2 Å². The quantitative estimate of drug-likeness (QED) is 0.360. The number of thiophene rings is 1. The molecule has 0 atom stereocenters.